The number of nitrogens with zero attached hydrogens (tertiary/aromatic N) is 3. The molecule has 1 fully saturated rings. The van der Waals surface area contributed by atoms with Crippen LogP contribution in [0.3, 0.4) is 0 Å². The molecule has 1 saturated carbocycles. The summed E-state index contributed by atoms with van der Waals surface area (Å²) in [5.41, 5.74) is 1.51. The highest BCUT2D eigenvalue weighted by Crippen LogP contribution is 2.40. The first kappa shape index (κ1) is 16.6. The average molecular weight is 350 g/mol. The summed E-state index contributed by atoms with van der Waals surface area (Å²) in [4.78, 5) is 17.3. The van der Waals surface area contributed by atoms with Crippen LogP contribution in [0.25, 0.3) is 11.3 Å². The van der Waals surface area contributed by atoms with Crippen molar-refractivity contribution in [3.8, 4) is 11.3 Å². The van der Waals surface area contributed by atoms with Crippen molar-refractivity contribution in [2.45, 2.75) is 39.3 Å². The minimum absolute atomic E-state index is 0.0977. The first-order valence-corrected chi connectivity index (χ1v) is 9.01. The molecule has 0 saturated heterocycles. The number of hydrogen-bond acceptors (Lipinski definition) is 4. The number of aromatic nitrogens is 3. The Kier molecular flexibility index (Phi) is 4.32. The molecule has 26 heavy (non-hydrogen) atoms. The van der Waals surface area contributed by atoms with Crippen LogP contribution in [0, 0.1) is 12.8 Å². The van der Waals surface area contributed by atoms with E-state index in [1.165, 1.54) is 0 Å². The van der Waals surface area contributed by atoms with E-state index >= 15 is 0 Å². The fraction of sp³-hybridized carbons (Fsp3) is 0.350. The van der Waals surface area contributed by atoms with E-state index in [1.54, 1.807) is 6.33 Å². The summed E-state index contributed by atoms with van der Waals surface area (Å²) in [6.45, 7) is 4.67. The van der Waals surface area contributed by atoms with E-state index in [-0.39, 0.29) is 11.9 Å². The molecule has 1 aliphatic carbocycles. The third-order valence-corrected chi connectivity index (χ3v) is 4.75. The normalized spacial score (nSPS) is 15.0. The second-order valence-corrected chi connectivity index (χ2v) is 6.71. The molecule has 2 heterocycles. The Morgan fingerprint density at radius 1 is 1.35 bits per heavy atom. The Morgan fingerprint density at radius 3 is 2.88 bits per heavy atom. The average Bonchev–Trinajstić information content (AvgIpc) is 3.22. The highest BCUT2D eigenvalue weighted by molar-refractivity contribution is 5.95. The van der Waals surface area contributed by atoms with Gasteiger partial charge in [-0.2, -0.15) is 5.10 Å². The molecular formula is C20H22N4O2. The molecule has 0 unspecified atom stereocenters. The van der Waals surface area contributed by atoms with Crippen LogP contribution in [-0.2, 0) is 6.54 Å². The van der Waals surface area contributed by atoms with E-state index in [9.17, 15) is 4.79 Å². The lowest BCUT2D eigenvalue weighted by Crippen LogP contribution is -2.32. The summed E-state index contributed by atoms with van der Waals surface area (Å²) in [6, 6.07) is 11.3. The minimum Gasteiger partial charge on any atom is -0.461 e. The molecule has 4 rings (SSSR count). The Bertz CT molecular complexity index is 923. The van der Waals surface area contributed by atoms with Crippen LogP contribution in [-0.4, -0.2) is 20.7 Å². The van der Waals surface area contributed by atoms with Gasteiger partial charge in [-0.1, -0.05) is 12.1 Å². The van der Waals surface area contributed by atoms with Gasteiger partial charge in [0.1, 0.15) is 23.7 Å². The molecule has 6 heteroatoms. The van der Waals surface area contributed by atoms with Gasteiger partial charge in [-0.3, -0.25) is 4.79 Å². The predicted octanol–water partition coefficient (Wildman–Crippen LogP) is 3.75. The fourth-order valence-electron chi connectivity index (χ4n) is 3.21. The van der Waals surface area contributed by atoms with Crippen molar-refractivity contribution in [3.63, 3.8) is 0 Å². The van der Waals surface area contributed by atoms with E-state index in [2.05, 4.69) is 15.4 Å². The summed E-state index contributed by atoms with van der Waals surface area (Å²) >= 11 is 0. The minimum atomic E-state index is -0.0994. The summed E-state index contributed by atoms with van der Waals surface area (Å²) in [7, 11) is 0. The van der Waals surface area contributed by atoms with Crippen molar-refractivity contribution in [2.75, 3.05) is 0 Å². The van der Waals surface area contributed by atoms with Crippen molar-refractivity contribution >= 4 is 5.91 Å². The lowest BCUT2D eigenvalue weighted by molar-refractivity contribution is 0.0928. The first-order chi connectivity index (χ1) is 12.7. The lowest BCUT2D eigenvalue weighted by Gasteiger charge is -2.18. The third-order valence-electron chi connectivity index (χ3n) is 4.75. The van der Waals surface area contributed by atoms with Gasteiger partial charge in [0.15, 0.2) is 0 Å². The number of carbonyl (C=O) groups is 1. The van der Waals surface area contributed by atoms with Gasteiger partial charge in [-0.25, -0.2) is 9.67 Å². The van der Waals surface area contributed by atoms with Crippen LogP contribution in [0.1, 0.15) is 47.7 Å². The second-order valence-electron chi connectivity index (χ2n) is 6.71. The van der Waals surface area contributed by atoms with Gasteiger partial charge in [-0.15, -0.1) is 0 Å². The maximum absolute atomic E-state index is 12.9. The number of furan rings is 1. The number of carbonyl (C=O) groups excluding carboxylic acids is 1. The predicted molar refractivity (Wildman–Crippen MR) is 97.5 cm³/mol. The largest absolute Gasteiger partial charge is 0.461 e. The molecule has 134 valence electrons. The Labute approximate surface area is 152 Å². The number of nitrogens with one attached hydrogen (secondary N) is 1. The highest BCUT2D eigenvalue weighted by Gasteiger charge is 2.36. The van der Waals surface area contributed by atoms with Gasteiger partial charge in [0.05, 0.1) is 6.04 Å². The van der Waals surface area contributed by atoms with Gasteiger partial charge in [0, 0.05) is 17.7 Å². The van der Waals surface area contributed by atoms with Crippen LogP contribution >= 0.6 is 0 Å². The summed E-state index contributed by atoms with van der Waals surface area (Å²) in [5, 5.41) is 7.41. The maximum atomic E-state index is 12.9. The number of hydrogen-bond donors (Lipinski definition) is 1. The Morgan fingerprint density at radius 2 is 2.19 bits per heavy atom. The molecule has 2 aromatic heterocycles. The second kappa shape index (κ2) is 6.78. The van der Waals surface area contributed by atoms with E-state index < -0.39 is 0 Å². The maximum Gasteiger partial charge on any atom is 0.251 e. The smallest absolute Gasteiger partial charge is 0.251 e. The quantitative estimate of drug-likeness (QED) is 0.735. The molecule has 0 radical (unpaired) electrons. The van der Waals surface area contributed by atoms with E-state index in [0.717, 1.165) is 42.3 Å². The van der Waals surface area contributed by atoms with Gasteiger partial charge >= 0.3 is 0 Å². The number of rotatable bonds is 6. The van der Waals surface area contributed by atoms with E-state index in [1.807, 2.05) is 54.9 Å². The van der Waals surface area contributed by atoms with Gasteiger partial charge < -0.3 is 9.73 Å². The van der Waals surface area contributed by atoms with Crippen molar-refractivity contribution in [3.05, 3.63) is 59.9 Å². The van der Waals surface area contributed by atoms with E-state index in [0.29, 0.717) is 11.5 Å². The van der Waals surface area contributed by atoms with Crippen LogP contribution in [0.5, 0.6) is 0 Å². The third kappa shape index (κ3) is 3.27. The molecule has 3 aromatic rings. The summed E-state index contributed by atoms with van der Waals surface area (Å²) in [6.07, 6.45) is 3.76. The van der Waals surface area contributed by atoms with Crippen molar-refractivity contribution in [1.29, 1.82) is 0 Å². The van der Waals surface area contributed by atoms with Crippen LogP contribution in [0.15, 0.2) is 47.1 Å². The molecule has 1 N–H and O–H groups in total. The monoisotopic (exact) mass is 350 g/mol. The molecule has 0 spiro atoms. The van der Waals surface area contributed by atoms with Crippen LogP contribution < -0.4 is 5.32 Å². The molecule has 1 aromatic carbocycles. The molecular weight excluding hydrogens is 328 g/mol. The van der Waals surface area contributed by atoms with Gasteiger partial charge in [0.25, 0.3) is 5.91 Å². The standard InChI is InChI=1S/C20H22N4O2/c1-3-24-19(21-12-22-24)18(14-8-9-14)23-20(25)16-6-4-5-15(11-16)17-10-7-13(2)26-17/h4-7,10-12,14,18H,3,8-9H2,1-2H3,(H,23,25)/t18-/m1/s1. The van der Waals surface area contributed by atoms with Crippen LogP contribution in [0.4, 0.5) is 0 Å². The van der Waals surface area contributed by atoms with Crippen molar-refractivity contribution in [1.82, 2.24) is 20.1 Å². The molecule has 1 amide bonds. The van der Waals surface area contributed by atoms with Crippen molar-refractivity contribution < 1.29 is 9.21 Å². The number of amides is 1. The first-order valence-electron chi connectivity index (χ1n) is 9.01. The SMILES string of the molecule is CCn1ncnc1[C@H](NC(=O)c1cccc(-c2ccc(C)o2)c1)C1CC1. The fourth-order valence-corrected chi connectivity index (χ4v) is 3.21. The van der Waals surface area contributed by atoms with Crippen molar-refractivity contribution in [2.24, 2.45) is 5.92 Å². The molecule has 1 atom stereocenters. The van der Waals surface area contributed by atoms with Crippen LogP contribution in [0.2, 0.25) is 0 Å². The molecule has 1 aliphatic rings. The number of benzene rings is 1. The zero-order valence-electron chi connectivity index (χ0n) is 15.0. The topological polar surface area (TPSA) is 73.0 Å². The van der Waals surface area contributed by atoms with E-state index in [4.69, 9.17) is 4.42 Å². The molecule has 6 nitrogen and oxygen atoms in total. The number of aryl methyl sites for hydroxylation is 2. The van der Waals surface area contributed by atoms with Gasteiger partial charge in [0.2, 0.25) is 0 Å². The molecule has 0 aliphatic heterocycles. The Balaban J connectivity index is 1.57. The zero-order valence-corrected chi connectivity index (χ0v) is 15.0. The lowest BCUT2D eigenvalue weighted by atomic mass is 10.1. The van der Waals surface area contributed by atoms with Gasteiger partial charge in [-0.05, 0) is 56.9 Å². The molecule has 0 bridgehead atoms. The zero-order chi connectivity index (χ0) is 18.1. The summed E-state index contributed by atoms with van der Waals surface area (Å²) < 4.78 is 7.52. The highest BCUT2D eigenvalue weighted by atomic mass is 16.3. The Hall–Kier alpha value is -2.89. The summed E-state index contributed by atoms with van der Waals surface area (Å²) in [5.74, 6) is 2.78.